The highest BCUT2D eigenvalue weighted by Crippen LogP contribution is 2.35. The summed E-state index contributed by atoms with van der Waals surface area (Å²) in [5.41, 5.74) is 7.43. The number of alkyl halides is 3. The van der Waals surface area contributed by atoms with Crippen LogP contribution in [0.2, 0.25) is 0 Å². The van der Waals surface area contributed by atoms with Crippen LogP contribution in [0.1, 0.15) is 46.7 Å². The number of hydrogen-bond donors (Lipinski definition) is 1. The Kier molecular flexibility index (Phi) is 8.69. The molecule has 2 N–H and O–H groups in total. The standard InChI is InChI=1S/C29H33F3N6O3/c1-5-19-17-37(28(40)22-16-35-25(29(30,31)32)15-24(22)36(3)4)12-13-38(19)23-10-9-18(14-21(23)26(33)39)20-8-7-11-34-27(20)41-6-2/h7-11,14-16,19H,5-6,12-13,17H2,1-4H3,(H2,33,39)/t19-/m1/s1. The summed E-state index contributed by atoms with van der Waals surface area (Å²) in [7, 11) is 3.16. The molecule has 9 nitrogen and oxygen atoms in total. The first kappa shape index (κ1) is 29.6. The van der Waals surface area contributed by atoms with Crippen LogP contribution < -0.4 is 20.3 Å². The quantitative estimate of drug-likeness (QED) is 0.426. The van der Waals surface area contributed by atoms with E-state index in [1.54, 1.807) is 37.3 Å². The molecule has 3 aromatic rings. The molecule has 1 saturated heterocycles. The number of anilines is 2. The summed E-state index contributed by atoms with van der Waals surface area (Å²) in [6, 6.07) is 9.80. The van der Waals surface area contributed by atoms with Crippen molar-refractivity contribution in [1.29, 1.82) is 0 Å². The lowest BCUT2D eigenvalue weighted by Gasteiger charge is -2.43. The number of ether oxygens (including phenoxy) is 1. The number of nitrogens with zero attached hydrogens (tertiary/aromatic N) is 5. The first-order chi connectivity index (χ1) is 19.5. The van der Waals surface area contributed by atoms with Gasteiger partial charge in [-0.2, -0.15) is 13.2 Å². The van der Waals surface area contributed by atoms with Gasteiger partial charge in [0.15, 0.2) is 0 Å². The highest BCUT2D eigenvalue weighted by Gasteiger charge is 2.36. The second-order valence-electron chi connectivity index (χ2n) is 9.87. The molecule has 0 unspecified atom stereocenters. The minimum Gasteiger partial charge on any atom is -0.478 e. The maximum absolute atomic E-state index is 13.5. The van der Waals surface area contributed by atoms with Gasteiger partial charge in [-0.25, -0.2) is 4.98 Å². The molecule has 1 aromatic carbocycles. The molecule has 12 heteroatoms. The predicted octanol–water partition coefficient (Wildman–Crippen LogP) is 4.47. The molecule has 0 bridgehead atoms. The van der Waals surface area contributed by atoms with E-state index in [1.807, 2.05) is 32.0 Å². The number of piperazine rings is 1. The van der Waals surface area contributed by atoms with Gasteiger partial charge in [0.25, 0.3) is 11.8 Å². The first-order valence-electron chi connectivity index (χ1n) is 13.3. The van der Waals surface area contributed by atoms with Gasteiger partial charge in [0.1, 0.15) is 5.69 Å². The van der Waals surface area contributed by atoms with Gasteiger partial charge in [-0.15, -0.1) is 0 Å². The van der Waals surface area contributed by atoms with Gasteiger partial charge >= 0.3 is 6.18 Å². The van der Waals surface area contributed by atoms with Crippen LogP contribution in [0.25, 0.3) is 11.1 Å². The molecular formula is C29H33F3N6O3. The van der Waals surface area contributed by atoms with E-state index < -0.39 is 23.7 Å². The summed E-state index contributed by atoms with van der Waals surface area (Å²) in [5.74, 6) is -0.548. The molecule has 1 atom stereocenters. The molecule has 0 spiro atoms. The summed E-state index contributed by atoms with van der Waals surface area (Å²) >= 11 is 0. The molecule has 0 aliphatic carbocycles. The third-order valence-electron chi connectivity index (χ3n) is 7.06. The zero-order valence-corrected chi connectivity index (χ0v) is 23.4. The summed E-state index contributed by atoms with van der Waals surface area (Å²) in [6.07, 6.45) is -1.35. The third-order valence-corrected chi connectivity index (χ3v) is 7.06. The monoisotopic (exact) mass is 570 g/mol. The number of pyridine rings is 2. The van der Waals surface area contributed by atoms with E-state index in [4.69, 9.17) is 10.5 Å². The van der Waals surface area contributed by atoms with Crippen LogP contribution in [0.5, 0.6) is 5.88 Å². The van der Waals surface area contributed by atoms with Gasteiger partial charge in [0.05, 0.1) is 23.4 Å². The number of amides is 2. The average molecular weight is 571 g/mol. The van der Waals surface area contributed by atoms with E-state index in [-0.39, 0.29) is 17.3 Å². The van der Waals surface area contributed by atoms with Crippen LogP contribution >= 0.6 is 0 Å². The second-order valence-corrected chi connectivity index (χ2v) is 9.87. The predicted molar refractivity (Wildman–Crippen MR) is 150 cm³/mol. The zero-order chi connectivity index (χ0) is 29.9. The van der Waals surface area contributed by atoms with Crippen LogP contribution in [-0.2, 0) is 6.18 Å². The Morgan fingerprint density at radius 2 is 1.85 bits per heavy atom. The third kappa shape index (κ3) is 6.21. The van der Waals surface area contributed by atoms with Crippen LogP contribution in [0.15, 0.2) is 48.8 Å². The lowest BCUT2D eigenvalue weighted by molar-refractivity contribution is -0.141. The smallest absolute Gasteiger partial charge is 0.433 e. The van der Waals surface area contributed by atoms with Crippen LogP contribution in [0.4, 0.5) is 24.5 Å². The number of aromatic nitrogens is 2. The van der Waals surface area contributed by atoms with E-state index >= 15 is 0 Å². The largest absolute Gasteiger partial charge is 0.478 e. The van der Waals surface area contributed by atoms with Gasteiger partial charge < -0.3 is 25.2 Å². The van der Waals surface area contributed by atoms with E-state index in [2.05, 4.69) is 14.9 Å². The van der Waals surface area contributed by atoms with Crippen molar-refractivity contribution in [2.24, 2.45) is 5.73 Å². The van der Waals surface area contributed by atoms with E-state index in [0.717, 1.165) is 23.4 Å². The van der Waals surface area contributed by atoms with E-state index in [9.17, 15) is 22.8 Å². The number of carbonyl (C=O) groups excluding carboxylic acids is 2. The van der Waals surface area contributed by atoms with Gasteiger partial charge in [-0.3, -0.25) is 14.6 Å². The number of rotatable bonds is 8. The molecule has 1 fully saturated rings. The highest BCUT2D eigenvalue weighted by molar-refractivity contribution is 6.01. The van der Waals surface area contributed by atoms with Crippen molar-refractivity contribution < 1.29 is 27.5 Å². The fraction of sp³-hybridized carbons (Fsp3) is 0.379. The van der Waals surface area contributed by atoms with Gasteiger partial charge in [-0.05, 0) is 49.2 Å². The molecule has 1 aliphatic rings. The highest BCUT2D eigenvalue weighted by atomic mass is 19.4. The number of hydrogen-bond acceptors (Lipinski definition) is 7. The fourth-order valence-electron chi connectivity index (χ4n) is 5.02. The Hall–Kier alpha value is -4.35. The summed E-state index contributed by atoms with van der Waals surface area (Å²) in [5, 5.41) is 0. The number of nitrogens with two attached hydrogens (primary N) is 1. The van der Waals surface area contributed by atoms with Crippen LogP contribution in [-0.4, -0.2) is 73.1 Å². The first-order valence-corrected chi connectivity index (χ1v) is 13.3. The molecular weight excluding hydrogens is 537 g/mol. The summed E-state index contributed by atoms with van der Waals surface area (Å²) in [4.78, 5) is 39.1. The van der Waals surface area contributed by atoms with Crippen molar-refractivity contribution in [2.45, 2.75) is 32.5 Å². The Balaban J connectivity index is 1.62. The van der Waals surface area contributed by atoms with Crippen molar-refractivity contribution in [3.8, 4) is 17.0 Å². The molecule has 2 aromatic heterocycles. The average Bonchev–Trinajstić information content (AvgIpc) is 2.95. The number of primary amides is 1. The van der Waals surface area contributed by atoms with Crippen LogP contribution in [0.3, 0.4) is 0 Å². The number of benzene rings is 1. The lowest BCUT2D eigenvalue weighted by atomic mass is 9.99. The molecule has 41 heavy (non-hydrogen) atoms. The molecule has 2 amide bonds. The van der Waals surface area contributed by atoms with Gasteiger partial charge in [0.2, 0.25) is 5.88 Å². The number of carbonyl (C=O) groups is 2. The molecule has 3 heterocycles. The Morgan fingerprint density at radius 3 is 2.49 bits per heavy atom. The van der Waals surface area contributed by atoms with Crippen molar-refractivity contribution in [3.05, 3.63) is 65.6 Å². The van der Waals surface area contributed by atoms with Crippen LogP contribution in [0, 0.1) is 0 Å². The lowest BCUT2D eigenvalue weighted by Crippen LogP contribution is -2.55. The van der Waals surface area contributed by atoms with Crippen molar-refractivity contribution in [1.82, 2.24) is 14.9 Å². The summed E-state index contributed by atoms with van der Waals surface area (Å²) < 4.78 is 45.4. The maximum atomic E-state index is 13.5. The molecule has 0 saturated carbocycles. The maximum Gasteiger partial charge on any atom is 0.433 e. The fourth-order valence-corrected chi connectivity index (χ4v) is 5.02. The van der Waals surface area contributed by atoms with E-state index in [0.29, 0.717) is 49.8 Å². The zero-order valence-electron chi connectivity index (χ0n) is 23.4. The van der Waals surface area contributed by atoms with Crippen molar-refractivity contribution in [3.63, 3.8) is 0 Å². The molecule has 218 valence electrons. The molecule has 1 aliphatic heterocycles. The van der Waals surface area contributed by atoms with Crippen molar-refractivity contribution in [2.75, 3.05) is 50.1 Å². The van der Waals surface area contributed by atoms with Crippen molar-refractivity contribution >= 4 is 23.2 Å². The number of halogens is 3. The Morgan fingerprint density at radius 1 is 1.10 bits per heavy atom. The van der Waals surface area contributed by atoms with E-state index in [1.165, 1.54) is 4.90 Å². The topological polar surface area (TPSA) is 105 Å². The minimum atomic E-state index is -4.62. The second kappa shape index (κ2) is 12.0. The minimum absolute atomic E-state index is 0.0926. The van der Waals surface area contributed by atoms with Gasteiger partial charge in [0, 0.05) is 63.4 Å². The van der Waals surface area contributed by atoms with Gasteiger partial charge in [-0.1, -0.05) is 13.0 Å². The molecule has 4 rings (SSSR count). The molecule has 0 radical (unpaired) electrons. The SMILES string of the molecule is CCOc1ncccc1-c1ccc(N2CCN(C(=O)c3cnc(C(F)(F)F)cc3N(C)C)C[C@H]2CC)c(C(N)=O)c1. The summed E-state index contributed by atoms with van der Waals surface area (Å²) in [6.45, 7) is 5.26. The Labute approximate surface area is 236 Å². The normalized spacial score (nSPS) is 15.5. The Bertz CT molecular complexity index is 1430.